The minimum absolute atomic E-state index is 0.0382. The van der Waals surface area contributed by atoms with Crippen LogP contribution in [0.5, 0.6) is 11.5 Å². The Kier molecular flexibility index (Phi) is 11.3. The van der Waals surface area contributed by atoms with Crippen molar-refractivity contribution in [2.75, 3.05) is 36.9 Å². The van der Waals surface area contributed by atoms with Crippen LogP contribution >= 0.6 is 11.6 Å². The van der Waals surface area contributed by atoms with Gasteiger partial charge in [-0.15, -0.1) is 0 Å². The van der Waals surface area contributed by atoms with Gasteiger partial charge in [0, 0.05) is 43.6 Å². The third-order valence-corrected chi connectivity index (χ3v) is 8.50. The van der Waals surface area contributed by atoms with Crippen LogP contribution < -0.4 is 19.1 Å². The molecular formula is C32H38ClN3O6S. The molecule has 0 radical (unpaired) electrons. The molecule has 3 aromatic rings. The van der Waals surface area contributed by atoms with Crippen LogP contribution in [0.3, 0.4) is 0 Å². The Balaban J connectivity index is 1.56. The largest absolute Gasteiger partial charge is 0.486 e. The first-order valence-electron chi connectivity index (χ1n) is 14.4. The molecule has 1 heterocycles. The Morgan fingerprint density at radius 2 is 1.65 bits per heavy atom. The van der Waals surface area contributed by atoms with Gasteiger partial charge in [0.05, 0.1) is 11.9 Å². The average Bonchev–Trinajstić information content (AvgIpc) is 3.00. The van der Waals surface area contributed by atoms with Gasteiger partial charge in [0.2, 0.25) is 21.8 Å². The number of benzene rings is 3. The van der Waals surface area contributed by atoms with Crippen LogP contribution in [0.25, 0.3) is 0 Å². The van der Waals surface area contributed by atoms with E-state index in [9.17, 15) is 18.0 Å². The summed E-state index contributed by atoms with van der Waals surface area (Å²) >= 11 is 6.10. The standard InChI is InChI=1S/C32H38ClN3O6S/c1-3-17-34-32(38)28(21-24-8-5-4-6-9-24)35(23-25-11-13-26(33)14-12-25)31(37)10-7-18-36(43(2,39)40)27-15-16-29-30(22-27)42-20-19-41-29/h4-6,8-9,11-16,22,28H,3,7,10,17-21,23H2,1-2H3,(H,34,38)/t28-/m0/s1. The molecule has 43 heavy (non-hydrogen) atoms. The Labute approximate surface area is 258 Å². The minimum Gasteiger partial charge on any atom is -0.486 e. The monoisotopic (exact) mass is 627 g/mol. The molecule has 0 bridgehead atoms. The summed E-state index contributed by atoms with van der Waals surface area (Å²) in [6, 6.07) is 21.0. The number of fused-ring (bicyclic) bond motifs is 1. The lowest BCUT2D eigenvalue weighted by molar-refractivity contribution is -0.141. The first-order valence-corrected chi connectivity index (χ1v) is 16.6. The van der Waals surface area contributed by atoms with Crippen molar-refractivity contribution in [2.45, 2.75) is 45.2 Å². The van der Waals surface area contributed by atoms with E-state index in [-0.39, 0.29) is 37.7 Å². The molecule has 1 atom stereocenters. The SMILES string of the molecule is CCCNC(=O)[C@H](Cc1ccccc1)N(Cc1ccc(Cl)cc1)C(=O)CCCN(c1ccc2c(c1)OCCO2)S(C)(=O)=O. The fourth-order valence-corrected chi connectivity index (χ4v) is 5.98. The van der Waals surface area contributed by atoms with E-state index in [1.807, 2.05) is 49.4 Å². The lowest BCUT2D eigenvalue weighted by Crippen LogP contribution is -2.50. The predicted molar refractivity (Wildman–Crippen MR) is 168 cm³/mol. The van der Waals surface area contributed by atoms with Crippen molar-refractivity contribution < 1.29 is 27.5 Å². The first-order chi connectivity index (χ1) is 20.7. The van der Waals surface area contributed by atoms with Gasteiger partial charge in [-0.2, -0.15) is 0 Å². The summed E-state index contributed by atoms with van der Waals surface area (Å²) in [4.78, 5) is 29.0. The molecule has 0 saturated carbocycles. The number of anilines is 1. The molecule has 2 amide bonds. The lowest BCUT2D eigenvalue weighted by Gasteiger charge is -2.32. The van der Waals surface area contributed by atoms with Crippen molar-refractivity contribution in [1.29, 1.82) is 0 Å². The highest BCUT2D eigenvalue weighted by Crippen LogP contribution is 2.35. The minimum atomic E-state index is -3.66. The third-order valence-electron chi connectivity index (χ3n) is 7.05. The van der Waals surface area contributed by atoms with E-state index in [2.05, 4.69) is 5.32 Å². The molecule has 0 aromatic heterocycles. The second-order valence-corrected chi connectivity index (χ2v) is 12.8. The maximum atomic E-state index is 13.9. The van der Waals surface area contributed by atoms with Crippen molar-refractivity contribution in [3.05, 3.63) is 88.9 Å². The van der Waals surface area contributed by atoms with Crippen molar-refractivity contribution >= 4 is 39.1 Å². The maximum absolute atomic E-state index is 13.9. The lowest BCUT2D eigenvalue weighted by atomic mass is 10.0. The van der Waals surface area contributed by atoms with Gasteiger partial charge in [-0.3, -0.25) is 13.9 Å². The van der Waals surface area contributed by atoms with Crippen molar-refractivity contribution in [2.24, 2.45) is 0 Å². The van der Waals surface area contributed by atoms with Gasteiger partial charge in [0.25, 0.3) is 0 Å². The summed E-state index contributed by atoms with van der Waals surface area (Å²) in [5.41, 5.74) is 2.18. The van der Waals surface area contributed by atoms with E-state index in [0.29, 0.717) is 48.4 Å². The fraction of sp³-hybridized carbons (Fsp3) is 0.375. The summed E-state index contributed by atoms with van der Waals surface area (Å²) < 4.78 is 38.0. The molecule has 1 N–H and O–H groups in total. The number of hydrogen-bond acceptors (Lipinski definition) is 6. The number of rotatable bonds is 14. The van der Waals surface area contributed by atoms with E-state index in [4.69, 9.17) is 21.1 Å². The van der Waals surface area contributed by atoms with Gasteiger partial charge < -0.3 is 19.7 Å². The quantitative estimate of drug-likeness (QED) is 0.275. The number of carbonyl (C=O) groups excluding carboxylic acids is 2. The van der Waals surface area contributed by atoms with Gasteiger partial charge in [-0.1, -0.05) is 61.0 Å². The maximum Gasteiger partial charge on any atom is 0.243 e. The van der Waals surface area contributed by atoms with Crippen LogP contribution in [-0.4, -0.2) is 63.7 Å². The fourth-order valence-electron chi connectivity index (χ4n) is 4.90. The number of nitrogens with one attached hydrogen (secondary N) is 1. The third kappa shape index (κ3) is 9.11. The number of halogens is 1. The summed E-state index contributed by atoms with van der Waals surface area (Å²) in [7, 11) is -3.66. The zero-order chi connectivity index (χ0) is 30.8. The van der Waals surface area contributed by atoms with Gasteiger partial charge in [0.1, 0.15) is 19.3 Å². The van der Waals surface area contributed by atoms with E-state index in [1.54, 1.807) is 35.2 Å². The molecule has 3 aromatic carbocycles. The highest BCUT2D eigenvalue weighted by Gasteiger charge is 2.30. The van der Waals surface area contributed by atoms with E-state index < -0.39 is 16.1 Å². The number of nitrogens with zero attached hydrogens (tertiary/aromatic N) is 2. The topological polar surface area (TPSA) is 105 Å². The molecule has 0 fully saturated rings. The Morgan fingerprint density at radius 1 is 0.953 bits per heavy atom. The highest BCUT2D eigenvalue weighted by atomic mass is 35.5. The van der Waals surface area contributed by atoms with Crippen LogP contribution in [0.2, 0.25) is 5.02 Å². The molecule has 4 rings (SSSR count). The Bertz CT molecular complexity index is 1480. The molecule has 0 unspecified atom stereocenters. The highest BCUT2D eigenvalue weighted by molar-refractivity contribution is 7.92. The number of hydrogen-bond donors (Lipinski definition) is 1. The molecule has 0 saturated heterocycles. The van der Waals surface area contributed by atoms with Crippen LogP contribution in [-0.2, 0) is 32.6 Å². The van der Waals surface area contributed by atoms with Crippen LogP contribution in [0, 0.1) is 0 Å². The molecular weight excluding hydrogens is 590 g/mol. The number of ether oxygens (including phenoxy) is 2. The van der Waals surface area contributed by atoms with Gasteiger partial charge in [0.15, 0.2) is 11.5 Å². The summed E-state index contributed by atoms with van der Waals surface area (Å²) in [5, 5.41) is 3.53. The summed E-state index contributed by atoms with van der Waals surface area (Å²) in [6.45, 7) is 3.54. The van der Waals surface area contributed by atoms with Gasteiger partial charge in [-0.25, -0.2) is 8.42 Å². The average molecular weight is 628 g/mol. The van der Waals surface area contributed by atoms with Crippen molar-refractivity contribution in [3.63, 3.8) is 0 Å². The Morgan fingerprint density at radius 3 is 2.33 bits per heavy atom. The summed E-state index contributed by atoms with van der Waals surface area (Å²) in [6.07, 6.45) is 2.51. The number of amides is 2. The predicted octanol–water partition coefficient (Wildman–Crippen LogP) is 4.82. The van der Waals surface area contributed by atoms with E-state index in [0.717, 1.165) is 23.8 Å². The Hall–Kier alpha value is -3.76. The molecule has 1 aliphatic heterocycles. The zero-order valence-corrected chi connectivity index (χ0v) is 26.1. The zero-order valence-electron chi connectivity index (χ0n) is 24.5. The second-order valence-electron chi connectivity index (χ2n) is 10.4. The van der Waals surface area contributed by atoms with Crippen LogP contribution in [0.15, 0.2) is 72.8 Å². The van der Waals surface area contributed by atoms with Gasteiger partial charge in [-0.05, 0) is 48.2 Å². The molecule has 0 aliphatic carbocycles. The van der Waals surface area contributed by atoms with Gasteiger partial charge >= 0.3 is 0 Å². The first kappa shape index (κ1) is 32.2. The van der Waals surface area contributed by atoms with E-state index >= 15 is 0 Å². The number of carbonyl (C=O) groups is 2. The van der Waals surface area contributed by atoms with Crippen LogP contribution in [0.1, 0.15) is 37.3 Å². The van der Waals surface area contributed by atoms with Crippen molar-refractivity contribution in [3.8, 4) is 11.5 Å². The molecule has 230 valence electrons. The molecule has 0 spiro atoms. The molecule has 1 aliphatic rings. The normalized spacial score (nSPS) is 13.2. The molecule has 9 nitrogen and oxygen atoms in total. The molecule has 11 heteroatoms. The second kappa shape index (κ2) is 15.1. The van der Waals surface area contributed by atoms with E-state index in [1.165, 1.54) is 4.31 Å². The van der Waals surface area contributed by atoms with Crippen LogP contribution in [0.4, 0.5) is 5.69 Å². The summed E-state index contributed by atoms with van der Waals surface area (Å²) in [5.74, 6) is 0.548. The smallest absolute Gasteiger partial charge is 0.243 e. The van der Waals surface area contributed by atoms with Crippen molar-refractivity contribution in [1.82, 2.24) is 10.2 Å². The number of sulfonamides is 1.